The lowest BCUT2D eigenvalue weighted by Crippen LogP contribution is -2.43. The van der Waals surface area contributed by atoms with E-state index in [1.807, 2.05) is 39.0 Å². The Kier molecular flexibility index (Phi) is 5.63. The maximum absolute atomic E-state index is 12.8. The molecule has 2 heterocycles. The fourth-order valence-electron chi connectivity index (χ4n) is 4.62. The third-order valence-electron chi connectivity index (χ3n) is 6.64. The van der Waals surface area contributed by atoms with Gasteiger partial charge in [-0.25, -0.2) is 0 Å². The van der Waals surface area contributed by atoms with E-state index in [1.54, 1.807) is 19.0 Å². The maximum Gasteiger partial charge on any atom is 0.246 e. The number of benzene rings is 1. The smallest absolute Gasteiger partial charge is 0.246 e. The Balaban J connectivity index is 1.55. The Morgan fingerprint density at radius 2 is 1.88 bits per heavy atom. The predicted octanol–water partition coefficient (Wildman–Crippen LogP) is 4.54. The van der Waals surface area contributed by atoms with Gasteiger partial charge in [0.05, 0.1) is 12.2 Å². The number of hydrogen-bond donors (Lipinski definition) is 2. The fourth-order valence-corrected chi connectivity index (χ4v) is 4.62. The number of carbonyl (C=O) groups is 2. The van der Waals surface area contributed by atoms with E-state index in [4.69, 9.17) is 0 Å². The van der Waals surface area contributed by atoms with Gasteiger partial charge < -0.3 is 14.8 Å². The summed E-state index contributed by atoms with van der Waals surface area (Å²) in [5.41, 5.74) is 6.04. The van der Waals surface area contributed by atoms with E-state index in [-0.39, 0.29) is 18.4 Å². The molecule has 2 N–H and O–H groups in total. The van der Waals surface area contributed by atoms with Gasteiger partial charge in [0.2, 0.25) is 11.8 Å². The van der Waals surface area contributed by atoms with Crippen LogP contribution < -0.4 is 4.90 Å². The molecule has 0 saturated heterocycles. The SMILES string of the molecule is CN(CC(=O)N(C)c1ccc2cc(-c3n[nH]c4c3CCC(C)(C)C4)[nH]c2c1)C(=O)C(C)(C)C. The van der Waals surface area contributed by atoms with E-state index in [1.165, 1.54) is 16.2 Å². The second-order valence-electron chi connectivity index (χ2n) is 11.2. The van der Waals surface area contributed by atoms with Crippen LogP contribution in [0.2, 0.25) is 0 Å². The third kappa shape index (κ3) is 4.54. The minimum atomic E-state index is -0.519. The third-order valence-corrected chi connectivity index (χ3v) is 6.64. The number of amides is 2. The molecule has 0 atom stereocenters. The summed E-state index contributed by atoms with van der Waals surface area (Å²) in [6, 6.07) is 8.05. The predicted molar refractivity (Wildman–Crippen MR) is 132 cm³/mol. The van der Waals surface area contributed by atoms with Crippen molar-refractivity contribution in [3.05, 3.63) is 35.5 Å². The van der Waals surface area contributed by atoms with Gasteiger partial charge in [-0.2, -0.15) is 5.10 Å². The first-order chi connectivity index (χ1) is 15.4. The molecular weight excluding hydrogens is 414 g/mol. The van der Waals surface area contributed by atoms with Gasteiger partial charge >= 0.3 is 0 Å². The van der Waals surface area contributed by atoms with Crippen LogP contribution in [0.5, 0.6) is 0 Å². The molecule has 3 aromatic rings. The molecule has 4 rings (SSSR count). The number of aromatic nitrogens is 3. The fraction of sp³-hybridized carbons (Fsp3) is 0.500. The lowest BCUT2D eigenvalue weighted by molar-refractivity contribution is -0.140. The van der Waals surface area contributed by atoms with Gasteiger partial charge in [-0.1, -0.05) is 40.7 Å². The number of nitrogens with one attached hydrogen (secondary N) is 2. The molecular formula is C26H35N5O2. The van der Waals surface area contributed by atoms with Crippen molar-refractivity contribution in [2.75, 3.05) is 25.5 Å². The van der Waals surface area contributed by atoms with Crippen molar-refractivity contribution in [3.8, 4) is 11.4 Å². The van der Waals surface area contributed by atoms with Crippen molar-refractivity contribution < 1.29 is 9.59 Å². The minimum Gasteiger partial charge on any atom is -0.353 e. The van der Waals surface area contributed by atoms with Gasteiger partial charge in [0.1, 0.15) is 5.69 Å². The number of carbonyl (C=O) groups excluding carboxylic acids is 2. The first kappa shape index (κ1) is 23.1. The first-order valence-corrected chi connectivity index (χ1v) is 11.6. The van der Waals surface area contributed by atoms with Crippen LogP contribution in [0.3, 0.4) is 0 Å². The van der Waals surface area contributed by atoms with Gasteiger partial charge in [-0.15, -0.1) is 0 Å². The van der Waals surface area contributed by atoms with Crippen molar-refractivity contribution in [2.45, 2.75) is 53.9 Å². The Hall–Kier alpha value is -3.09. The van der Waals surface area contributed by atoms with Crippen molar-refractivity contribution >= 4 is 28.4 Å². The number of H-pyrrole nitrogens is 2. The van der Waals surface area contributed by atoms with Crippen molar-refractivity contribution in [3.63, 3.8) is 0 Å². The monoisotopic (exact) mass is 449 g/mol. The van der Waals surface area contributed by atoms with Crippen LogP contribution in [0.4, 0.5) is 5.69 Å². The summed E-state index contributed by atoms with van der Waals surface area (Å²) in [7, 11) is 3.42. The van der Waals surface area contributed by atoms with Crippen molar-refractivity contribution in [1.82, 2.24) is 20.1 Å². The largest absolute Gasteiger partial charge is 0.353 e. The molecule has 7 heteroatoms. The van der Waals surface area contributed by atoms with Crippen LogP contribution in [0.15, 0.2) is 24.3 Å². The molecule has 0 unspecified atom stereocenters. The summed E-state index contributed by atoms with van der Waals surface area (Å²) < 4.78 is 0. The summed E-state index contributed by atoms with van der Waals surface area (Å²) in [6.07, 6.45) is 3.18. The molecule has 0 aliphatic heterocycles. The van der Waals surface area contributed by atoms with E-state index in [2.05, 4.69) is 35.1 Å². The Labute approximate surface area is 195 Å². The van der Waals surface area contributed by atoms with Gasteiger partial charge in [-0.05, 0) is 42.9 Å². The molecule has 0 saturated carbocycles. The van der Waals surface area contributed by atoms with Crippen LogP contribution in [0, 0.1) is 10.8 Å². The number of nitrogens with zero attached hydrogens (tertiary/aromatic N) is 3. The molecule has 7 nitrogen and oxygen atoms in total. The molecule has 0 bridgehead atoms. The van der Waals surface area contributed by atoms with Crippen LogP contribution >= 0.6 is 0 Å². The highest BCUT2D eigenvalue weighted by atomic mass is 16.2. The highest BCUT2D eigenvalue weighted by Gasteiger charge is 2.30. The second-order valence-corrected chi connectivity index (χ2v) is 11.2. The topological polar surface area (TPSA) is 85.1 Å². The van der Waals surface area contributed by atoms with E-state index in [0.717, 1.165) is 47.2 Å². The number of aromatic amines is 2. The molecule has 0 radical (unpaired) electrons. The number of fused-ring (bicyclic) bond motifs is 2. The van der Waals surface area contributed by atoms with Crippen LogP contribution in [-0.4, -0.2) is 52.5 Å². The summed E-state index contributed by atoms with van der Waals surface area (Å²) in [4.78, 5) is 31.9. The lowest BCUT2D eigenvalue weighted by atomic mass is 9.76. The highest BCUT2D eigenvalue weighted by molar-refractivity contribution is 5.99. The molecule has 176 valence electrons. The molecule has 33 heavy (non-hydrogen) atoms. The standard InChI is InChI=1S/C26H35N5O2/c1-25(2,3)24(33)30(6)15-22(32)31(7)17-9-8-16-12-20(27-19(16)13-17)23-18-10-11-26(4,5)14-21(18)28-29-23/h8-9,12-13,27H,10-11,14-15H2,1-7H3,(H,28,29). The van der Waals surface area contributed by atoms with E-state index < -0.39 is 5.41 Å². The molecule has 1 aliphatic carbocycles. The average Bonchev–Trinajstić information content (AvgIpc) is 3.33. The van der Waals surface area contributed by atoms with Crippen LogP contribution in [0.1, 0.15) is 52.3 Å². The van der Waals surface area contributed by atoms with Crippen LogP contribution in [-0.2, 0) is 22.4 Å². The Morgan fingerprint density at radius 3 is 2.58 bits per heavy atom. The van der Waals surface area contributed by atoms with Gasteiger partial charge in [0.25, 0.3) is 0 Å². The summed E-state index contributed by atoms with van der Waals surface area (Å²) in [6.45, 7) is 10.2. The van der Waals surface area contributed by atoms with Crippen LogP contribution in [0.25, 0.3) is 22.3 Å². The van der Waals surface area contributed by atoms with Gasteiger partial charge in [-0.3, -0.25) is 14.7 Å². The zero-order valence-corrected chi connectivity index (χ0v) is 20.8. The Bertz CT molecular complexity index is 1210. The minimum absolute atomic E-state index is 0.0381. The normalized spacial score (nSPS) is 15.4. The number of anilines is 1. The molecule has 2 aromatic heterocycles. The van der Waals surface area contributed by atoms with E-state index in [9.17, 15) is 9.59 Å². The van der Waals surface area contributed by atoms with Crippen molar-refractivity contribution in [1.29, 1.82) is 0 Å². The summed E-state index contributed by atoms with van der Waals surface area (Å²) in [5.74, 6) is -0.190. The average molecular weight is 450 g/mol. The zero-order chi connectivity index (χ0) is 24.1. The van der Waals surface area contributed by atoms with E-state index >= 15 is 0 Å². The summed E-state index contributed by atoms with van der Waals surface area (Å²) >= 11 is 0. The van der Waals surface area contributed by atoms with Gasteiger partial charge in [0.15, 0.2) is 0 Å². The molecule has 1 aromatic carbocycles. The zero-order valence-electron chi connectivity index (χ0n) is 20.8. The van der Waals surface area contributed by atoms with E-state index in [0.29, 0.717) is 5.41 Å². The number of hydrogen-bond acceptors (Lipinski definition) is 3. The number of rotatable bonds is 4. The molecule has 0 fully saturated rings. The maximum atomic E-state index is 12.8. The summed E-state index contributed by atoms with van der Waals surface area (Å²) in [5, 5.41) is 8.95. The number of likely N-dealkylation sites (N-methyl/N-ethyl adjacent to an activating group) is 2. The first-order valence-electron chi connectivity index (χ1n) is 11.6. The lowest BCUT2D eigenvalue weighted by Gasteiger charge is -2.28. The highest BCUT2D eigenvalue weighted by Crippen LogP contribution is 2.38. The van der Waals surface area contributed by atoms with Crippen molar-refractivity contribution in [2.24, 2.45) is 10.8 Å². The second kappa shape index (κ2) is 8.04. The molecule has 1 aliphatic rings. The molecule has 0 spiro atoms. The Morgan fingerprint density at radius 1 is 1.15 bits per heavy atom. The van der Waals surface area contributed by atoms with Gasteiger partial charge in [0, 0.05) is 47.4 Å². The molecule has 2 amide bonds. The quantitative estimate of drug-likeness (QED) is 0.613.